The van der Waals surface area contributed by atoms with Crippen molar-refractivity contribution in [3.05, 3.63) is 69.8 Å². The van der Waals surface area contributed by atoms with E-state index in [1.54, 1.807) is 36.5 Å². The standard InChI is InChI=1S/C24H24N6O2/c1-15-7-16(8-25)3-5-20(15)21-10-27-30(24(21)32)22-6-4-17(9-26-22)23(31)29-13-18-11-28(2)12-19(18)14-29/h3-7,9-10,18-19,27H,11-14H2,1-2H3/t18-,19+. The molecule has 32 heavy (non-hydrogen) atoms. The molecule has 0 unspecified atom stereocenters. The van der Waals surface area contributed by atoms with Gasteiger partial charge in [0.2, 0.25) is 0 Å². The van der Waals surface area contributed by atoms with Crippen LogP contribution in [-0.2, 0) is 0 Å². The maximum absolute atomic E-state index is 13.0. The van der Waals surface area contributed by atoms with Gasteiger partial charge in [-0.05, 0) is 61.2 Å². The van der Waals surface area contributed by atoms with Crippen molar-refractivity contribution in [1.29, 1.82) is 5.26 Å². The summed E-state index contributed by atoms with van der Waals surface area (Å²) in [6, 6.07) is 10.8. The largest absolute Gasteiger partial charge is 0.338 e. The predicted octanol–water partition coefficient (Wildman–Crippen LogP) is 2.04. The second kappa shape index (κ2) is 7.77. The van der Waals surface area contributed by atoms with Gasteiger partial charge < -0.3 is 9.80 Å². The molecule has 2 atom stereocenters. The van der Waals surface area contributed by atoms with Crippen LogP contribution < -0.4 is 5.56 Å². The molecule has 1 N–H and O–H groups in total. The van der Waals surface area contributed by atoms with Crippen LogP contribution >= 0.6 is 0 Å². The van der Waals surface area contributed by atoms with E-state index in [1.165, 1.54) is 10.9 Å². The molecule has 2 aromatic heterocycles. The Hall–Kier alpha value is -3.70. The molecule has 2 fully saturated rings. The molecule has 4 heterocycles. The highest BCUT2D eigenvalue weighted by molar-refractivity contribution is 5.94. The lowest BCUT2D eigenvalue weighted by atomic mass is 10.0. The van der Waals surface area contributed by atoms with Crippen LogP contribution in [0, 0.1) is 30.1 Å². The van der Waals surface area contributed by atoms with E-state index in [0.29, 0.717) is 34.3 Å². The van der Waals surface area contributed by atoms with Crippen molar-refractivity contribution in [3.63, 3.8) is 0 Å². The van der Waals surface area contributed by atoms with Crippen LogP contribution in [0.15, 0.2) is 47.5 Å². The first-order chi connectivity index (χ1) is 15.4. The van der Waals surface area contributed by atoms with Crippen LogP contribution in [0.4, 0.5) is 0 Å². The molecule has 2 saturated heterocycles. The third-order valence-electron chi connectivity index (χ3n) is 6.60. The van der Waals surface area contributed by atoms with Crippen LogP contribution in [-0.4, -0.2) is 63.7 Å². The molecule has 0 saturated carbocycles. The number of amides is 1. The summed E-state index contributed by atoms with van der Waals surface area (Å²) >= 11 is 0. The Morgan fingerprint density at radius 3 is 2.50 bits per heavy atom. The van der Waals surface area contributed by atoms with Crippen LogP contribution in [0.1, 0.15) is 21.5 Å². The summed E-state index contributed by atoms with van der Waals surface area (Å²) < 4.78 is 1.36. The Labute approximate surface area is 185 Å². The van der Waals surface area contributed by atoms with Crippen LogP contribution in [0.2, 0.25) is 0 Å². The topological polar surface area (TPSA) is 98.0 Å². The van der Waals surface area contributed by atoms with Gasteiger partial charge >= 0.3 is 0 Å². The smallest absolute Gasteiger partial charge is 0.280 e. The van der Waals surface area contributed by atoms with Gasteiger partial charge in [0.25, 0.3) is 11.5 Å². The summed E-state index contributed by atoms with van der Waals surface area (Å²) in [4.78, 5) is 34.5. The number of aromatic amines is 1. The van der Waals surface area contributed by atoms with Crippen LogP contribution in [0.25, 0.3) is 16.9 Å². The minimum Gasteiger partial charge on any atom is -0.338 e. The van der Waals surface area contributed by atoms with E-state index < -0.39 is 0 Å². The zero-order valence-electron chi connectivity index (χ0n) is 18.1. The predicted molar refractivity (Wildman–Crippen MR) is 119 cm³/mol. The molecule has 2 aliphatic heterocycles. The van der Waals surface area contributed by atoms with Gasteiger partial charge in [-0.1, -0.05) is 6.07 Å². The molecule has 0 radical (unpaired) electrons. The van der Waals surface area contributed by atoms with Crippen LogP contribution in [0.5, 0.6) is 0 Å². The minimum absolute atomic E-state index is 0.00571. The van der Waals surface area contributed by atoms with Gasteiger partial charge in [0.05, 0.1) is 22.8 Å². The van der Waals surface area contributed by atoms with Gasteiger partial charge in [0, 0.05) is 38.6 Å². The van der Waals surface area contributed by atoms with Crippen LogP contribution in [0.3, 0.4) is 0 Å². The maximum atomic E-state index is 13.0. The number of carbonyl (C=O) groups is 1. The number of hydrogen-bond donors (Lipinski definition) is 1. The first-order valence-electron chi connectivity index (χ1n) is 10.7. The molecule has 0 bridgehead atoms. The monoisotopic (exact) mass is 428 g/mol. The molecule has 162 valence electrons. The van der Waals surface area contributed by atoms with Gasteiger partial charge in [-0.15, -0.1) is 0 Å². The second-order valence-corrected chi connectivity index (χ2v) is 8.83. The Morgan fingerprint density at radius 1 is 1.12 bits per heavy atom. The Balaban J connectivity index is 1.36. The highest BCUT2D eigenvalue weighted by Gasteiger charge is 2.40. The van der Waals surface area contributed by atoms with Gasteiger partial charge in [-0.2, -0.15) is 5.26 Å². The molecule has 8 heteroatoms. The summed E-state index contributed by atoms with van der Waals surface area (Å²) in [7, 11) is 2.13. The van der Waals surface area contributed by atoms with Gasteiger partial charge in [0.1, 0.15) is 0 Å². The highest BCUT2D eigenvalue weighted by Crippen LogP contribution is 2.31. The number of aromatic nitrogens is 3. The van der Waals surface area contributed by atoms with E-state index >= 15 is 0 Å². The van der Waals surface area contributed by atoms with E-state index in [2.05, 4.69) is 28.1 Å². The molecular formula is C24H24N6O2. The molecule has 0 spiro atoms. The molecule has 2 aliphatic rings. The number of aryl methyl sites for hydroxylation is 1. The number of rotatable bonds is 3. The van der Waals surface area contributed by atoms with Gasteiger partial charge in [-0.3, -0.25) is 14.7 Å². The first kappa shape index (κ1) is 20.2. The summed E-state index contributed by atoms with van der Waals surface area (Å²) in [5.41, 5.74) is 2.97. The summed E-state index contributed by atoms with van der Waals surface area (Å²) in [5, 5.41) is 12.0. The number of benzene rings is 1. The number of nitrogens with one attached hydrogen (secondary N) is 1. The normalized spacial score (nSPS) is 20.3. The van der Waals surface area contributed by atoms with Crippen molar-refractivity contribution in [3.8, 4) is 23.0 Å². The Morgan fingerprint density at radius 2 is 1.88 bits per heavy atom. The molecule has 1 amide bonds. The fourth-order valence-corrected chi connectivity index (χ4v) is 4.99. The lowest BCUT2D eigenvalue weighted by molar-refractivity contribution is 0.0775. The zero-order valence-corrected chi connectivity index (χ0v) is 18.1. The van der Waals surface area contributed by atoms with Crippen molar-refractivity contribution in [2.24, 2.45) is 11.8 Å². The van der Waals surface area contributed by atoms with Gasteiger partial charge in [-0.25, -0.2) is 9.67 Å². The summed E-state index contributed by atoms with van der Waals surface area (Å²) in [5.74, 6) is 1.52. The molecule has 0 aliphatic carbocycles. The third-order valence-corrected chi connectivity index (χ3v) is 6.60. The quantitative estimate of drug-likeness (QED) is 0.689. The number of pyridine rings is 1. The number of nitriles is 1. The second-order valence-electron chi connectivity index (χ2n) is 8.83. The number of nitrogens with zero attached hydrogens (tertiary/aromatic N) is 5. The average molecular weight is 428 g/mol. The zero-order chi connectivity index (χ0) is 22.4. The van der Waals surface area contributed by atoms with E-state index in [1.807, 2.05) is 11.8 Å². The summed E-state index contributed by atoms with van der Waals surface area (Å²) in [6.07, 6.45) is 3.18. The summed E-state index contributed by atoms with van der Waals surface area (Å²) in [6.45, 7) is 5.54. The third kappa shape index (κ3) is 3.41. The van der Waals surface area contributed by atoms with E-state index in [4.69, 9.17) is 5.26 Å². The molecule has 1 aromatic carbocycles. The Kier molecular flexibility index (Phi) is 4.91. The SMILES string of the molecule is Cc1cc(C#N)ccc1-c1c[nH]n(-c2ccc(C(=O)N3C[C@H]4CN(C)C[C@H]4C3)cn2)c1=O. The van der Waals surface area contributed by atoms with Crippen molar-refractivity contribution in [2.75, 3.05) is 33.2 Å². The minimum atomic E-state index is -0.235. The maximum Gasteiger partial charge on any atom is 0.280 e. The van der Waals surface area contributed by atoms with Crippen molar-refractivity contribution in [1.82, 2.24) is 24.6 Å². The highest BCUT2D eigenvalue weighted by atomic mass is 16.2. The fourth-order valence-electron chi connectivity index (χ4n) is 4.99. The lowest BCUT2D eigenvalue weighted by Crippen LogP contribution is -2.32. The van der Waals surface area contributed by atoms with Crippen molar-refractivity contribution in [2.45, 2.75) is 6.92 Å². The number of H-pyrrole nitrogens is 1. The first-order valence-corrected chi connectivity index (χ1v) is 10.7. The molecule has 5 rings (SSSR count). The van der Waals surface area contributed by atoms with Gasteiger partial charge in [0.15, 0.2) is 5.82 Å². The molecule has 8 nitrogen and oxygen atoms in total. The number of hydrogen-bond acceptors (Lipinski definition) is 5. The van der Waals surface area contributed by atoms with E-state index in [9.17, 15) is 9.59 Å². The average Bonchev–Trinajstić information content (AvgIpc) is 3.46. The Bertz CT molecular complexity index is 1270. The lowest BCUT2D eigenvalue weighted by Gasteiger charge is -2.19. The number of fused-ring (bicyclic) bond motifs is 1. The number of carbonyl (C=O) groups excluding carboxylic acids is 1. The van der Waals surface area contributed by atoms with Crippen molar-refractivity contribution < 1.29 is 4.79 Å². The number of likely N-dealkylation sites (tertiary alicyclic amines) is 2. The fraction of sp³-hybridized carbons (Fsp3) is 0.333. The van der Waals surface area contributed by atoms with Crippen molar-refractivity contribution >= 4 is 5.91 Å². The molecular weight excluding hydrogens is 404 g/mol. The van der Waals surface area contributed by atoms with E-state index in [-0.39, 0.29) is 11.5 Å². The van der Waals surface area contributed by atoms with E-state index in [0.717, 1.165) is 37.3 Å². The molecule has 3 aromatic rings.